The number of nitrogens with one attached hydrogen (secondary N) is 1. The van der Waals surface area contributed by atoms with E-state index in [0.717, 1.165) is 35.1 Å². The number of para-hydroxylation sites is 1. The Bertz CT molecular complexity index is 878. The van der Waals surface area contributed by atoms with Gasteiger partial charge in [-0.1, -0.05) is 35.5 Å². The number of aromatic nitrogens is 4. The van der Waals surface area contributed by atoms with Gasteiger partial charge in [0.15, 0.2) is 0 Å². The van der Waals surface area contributed by atoms with Crippen LogP contribution in [0.1, 0.15) is 5.56 Å². The monoisotopic (exact) mass is 361 g/mol. The highest BCUT2D eigenvalue weighted by Gasteiger charge is 2.15. The minimum absolute atomic E-state index is 0.0972. The Balaban J connectivity index is 1.67. The number of carbonyl (C=O) groups is 1. The first-order chi connectivity index (χ1) is 12.0. The molecule has 0 spiro atoms. The third kappa shape index (κ3) is 4.00. The van der Waals surface area contributed by atoms with Crippen molar-refractivity contribution in [2.45, 2.75) is 12.1 Å². The predicted molar refractivity (Wildman–Crippen MR) is 89.6 cm³/mol. The zero-order chi connectivity index (χ0) is 17.8. The second-order valence-electron chi connectivity index (χ2n) is 5.14. The average Bonchev–Trinajstić information content (AvgIpc) is 3.06. The van der Waals surface area contributed by atoms with Crippen molar-refractivity contribution in [3.8, 4) is 5.69 Å². The van der Waals surface area contributed by atoms with Gasteiger partial charge in [0.25, 0.3) is 0 Å². The maximum absolute atomic E-state index is 13.5. The largest absolute Gasteiger partial charge is 0.320 e. The summed E-state index contributed by atoms with van der Waals surface area (Å²) in [5, 5.41) is 14.0. The number of hydrogen-bond acceptors (Lipinski definition) is 5. The average molecular weight is 361 g/mol. The number of hydrogen-bond donors (Lipinski definition) is 1. The molecular weight excluding hydrogens is 348 g/mol. The normalized spacial score (nSPS) is 10.7. The van der Waals surface area contributed by atoms with E-state index in [1.54, 1.807) is 0 Å². The van der Waals surface area contributed by atoms with Gasteiger partial charge in [0.05, 0.1) is 11.4 Å². The summed E-state index contributed by atoms with van der Waals surface area (Å²) in [5.74, 6) is -2.32. The molecule has 0 radical (unpaired) electrons. The first-order valence-electron chi connectivity index (χ1n) is 7.26. The van der Waals surface area contributed by atoms with Gasteiger partial charge in [-0.3, -0.25) is 4.79 Å². The molecule has 0 bridgehead atoms. The van der Waals surface area contributed by atoms with E-state index < -0.39 is 23.2 Å². The third-order valence-electron chi connectivity index (χ3n) is 3.28. The van der Waals surface area contributed by atoms with Gasteiger partial charge >= 0.3 is 0 Å². The van der Waals surface area contributed by atoms with Crippen molar-refractivity contribution in [2.24, 2.45) is 0 Å². The van der Waals surface area contributed by atoms with Crippen molar-refractivity contribution in [3.63, 3.8) is 0 Å². The van der Waals surface area contributed by atoms with E-state index in [1.807, 2.05) is 31.2 Å². The van der Waals surface area contributed by atoms with E-state index in [0.29, 0.717) is 5.16 Å². The number of benzene rings is 2. The molecule has 3 aromatic rings. The minimum atomic E-state index is -0.831. The first-order valence-corrected chi connectivity index (χ1v) is 8.25. The highest BCUT2D eigenvalue weighted by molar-refractivity contribution is 7.99. The fourth-order valence-electron chi connectivity index (χ4n) is 2.04. The van der Waals surface area contributed by atoms with E-state index in [9.17, 15) is 13.6 Å². The summed E-state index contributed by atoms with van der Waals surface area (Å²) in [6, 6.07) is 10.9. The molecule has 6 nitrogen and oxygen atoms in total. The molecule has 1 aromatic heterocycles. The summed E-state index contributed by atoms with van der Waals surface area (Å²) >= 11 is 1.06. The van der Waals surface area contributed by atoms with Gasteiger partial charge in [-0.05, 0) is 41.6 Å². The van der Waals surface area contributed by atoms with E-state index in [-0.39, 0.29) is 5.75 Å². The van der Waals surface area contributed by atoms with Crippen LogP contribution in [0.2, 0.25) is 0 Å². The van der Waals surface area contributed by atoms with Crippen LogP contribution in [0.5, 0.6) is 0 Å². The van der Waals surface area contributed by atoms with Gasteiger partial charge in [0.2, 0.25) is 11.1 Å². The maximum Gasteiger partial charge on any atom is 0.235 e. The first kappa shape index (κ1) is 17.0. The fraction of sp³-hybridized carbons (Fsp3) is 0.125. The Kier molecular flexibility index (Phi) is 5.03. The van der Waals surface area contributed by atoms with Gasteiger partial charge in [-0.2, -0.15) is 4.68 Å². The Labute approximate surface area is 146 Å². The smallest absolute Gasteiger partial charge is 0.235 e. The van der Waals surface area contributed by atoms with Crippen molar-refractivity contribution in [3.05, 3.63) is 59.7 Å². The second-order valence-corrected chi connectivity index (χ2v) is 6.08. The van der Waals surface area contributed by atoms with Crippen LogP contribution in [0.3, 0.4) is 0 Å². The molecule has 1 heterocycles. The molecule has 0 unspecified atom stereocenters. The van der Waals surface area contributed by atoms with E-state index in [2.05, 4.69) is 20.8 Å². The van der Waals surface area contributed by atoms with Crippen LogP contribution >= 0.6 is 11.8 Å². The van der Waals surface area contributed by atoms with E-state index in [1.165, 1.54) is 10.7 Å². The number of aryl methyl sites for hydroxylation is 1. The van der Waals surface area contributed by atoms with Gasteiger partial charge in [-0.25, -0.2) is 8.78 Å². The lowest BCUT2D eigenvalue weighted by Gasteiger charge is -2.07. The number of anilines is 1. The molecule has 0 aliphatic carbocycles. The van der Waals surface area contributed by atoms with Crippen LogP contribution in [0.25, 0.3) is 5.69 Å². The van der Waals surface area contributed by atoms with E-state index >= 15 is 0 Å². The molecular formula is C16H13F2N5OS. The molecule has 0 atom stereocenters. The Hall–Kier alpha value is -2.81. The fourth-order valence-corrected chi connectivity index (χ4v) is 2.73. The molecule has 128 valence electrons. The highest BCUT2D eigenvalue weighted by atomic mass is 32.2. The number of halogens is 2. The number of rotatable bonds is 5. The number of tetrazole rings is 1. The number of nitrogens with zero attached hydrogens (tertiary/aromatic N) is 4. The summed E-state index contributed by atoms with van der Waals surface area (Å²) in [6.07, 6.45) is 0. The molecule has 1 N–H and O–H groups in total. The third-order valence-corrected chi connectivity index (χ3v) is 4.20. The van der Waals surface area contributed by atoms with Crippen LogP contribution in [0, 0.1) is 18.6 Å². The summed E-state index contributed by atoms with van der Waals surface area (Å²) in [5.41, 5.74) is 1.38. The molecule has 0 saturated heterocycles. The molecule has 0 fully saturated rings. The van der Waals surface area contributed by atoms with Crippen molar-refractivity contribution in [1.82, 2.24) is 20.2 Å². The van der Waals surface area contributed by atoms with Crippen LogP contribution < -0.4 is 5.32 Å². The zero-order valence-corrected chi connectivity index (χ0v) is 13.9. The maximum atomic E-state index is 13.5. The summed E-state index contributed by atoms with van der Waals surface area (Å²) in [6.45, 7) is 1.96. The Morgan fingerprint density at radius 2 is 1.84 bits per heavy atom. The molecule has 0 aliphatic heterocycles. The molecule has 9 heteroatoms. The molecule has 0 saturated carbocycles. The minimum Gasteiger partial charge on any atom is -0.320 e. The van der Waals surface area contributed by atoms with Gasteiger partial charge in [-0.15, -0.1) is 5.10 Å². The second kappa shape index (κ2) is 7.39. The molecule has 2 aromatic carbocycles. The topological polar surface area (TPSA) is 72.7 Å². The summed E-state index contributed by atoms with van der Waals surface area (Å²) in [7, 11) is 0. The highest BCUT2D eigenvalue weighted by Crippen LogP contribution is 2.21. The SMILES string of the molecule is Cc1ccc(-n2nnnc2SCC(=O)Nc2c(F)cccc2F)cc1. The Morgan fingerprint density at radius 1 is 1.16 bits per heavy atom. The Morgan fingerprint density at radius 3 is 2.52 bits per heavy atom. The van der Waals surface area contributed by atoms with Gasteiger partial charge in [0, 0.05) is 0 Å². The summed E-state index contributed by atoms with van der Waals surface area (Å²) in [4.78, 5) is 12.0. The van der Waals surface area contributed by atoms with Crippen molar-refractivity contribution in [2.75, 3.05) is 11.1 Å². The molecule has 0 aliphatic rings. The van der Waals surface area contributed by atoms with Crippen molar-refractivity contribution in [1.29, 1.82) is 0 Å². The van der Waals surface area contributed by atoms with E-state index in [4.69, 9.17) is 0 Å². The van der Waals surface area contributed by atoms with Gasteiger partial charge in [0.1, 0.15) is 17.3 Å². The predicted octanol–water partition coefficient (Wildman–Crippen LogP) is 2.98. The number of thioether (sulfide) groups is 1. The van der Waals surface area contributed by atoms with Gasteiger partial charge < -0.3 is 5.32 Å². The molecule has 25 heavy (non-hydrogen) atoms. The number of carbonyl (C=O) groups excluding carboxylic acids is 1. The van der Waals surface area contributed by atoms with Crippen molar-refractivity contribution < 1.29 is 13.6 Å². The molecule has 1 amide bonds. The van der Waals surface area contributed by atoms with Crippen molar-refractivity contribution >= 4 is 23.4 Å². The number of amides is 1. The lowest BCUT2D eigenvalue weighted by molar-refractivity contribution is -0.113. The van der Waals surface area contributed by atoms with Crippen LogP contribution in [-0.4, -0.2) is 31.9 Å². The lowest BCUT2D eigenvalue weighted by atomic mass is 10.2. The van der Waals surface area contributed by atoms with Crippen LogP contribution in [0.15, 0.2) is 47.6 Å². The summed E-state index contributed by atoms with van der Waals surface area (Å²) < 4.78 is 28.6. The quantitative estimate of drug-likeness (QED) is 0.708. The molecule has 3 rings (SSSR count). The van der Waals surface area contributed by atoms with Crippen LogP contribution in [-0.2, 0) is 4.79 Å². The zero-order valence-electron chi connectivity index (χ0n) is 13.1. The standard InChI is InChI=1S/C16H13F2N5OS/c1-10-5-7-11(8-6-10)23-16(20-21-22-23)25-9-14(24)19-15-12(17)3-2-4-13(15)18/h2-8H,9H2,1H3,(H,19,24). The van der Waals surface area contributed by atoms with Crippen LogP contribution in [0.4, 0.5) is 14.5 Å². The lowest BCUT2D eigenvalue weighted by Crippen LogP contribution is -2.16.